The molecule has 0 spiro atoms. The SMILES string of the molecule is Cc1nn(C)cc1S(=O)(=O)N(C)c1ccc(Cc2nc3c([nH]2)c(=O)n(Cc2ccccc2F)c(=O)n3CC2CC2)cn1. The molecular weight excluding hydrogens is 563 g/mol. The van der Waals surface area contributed by atoms with E-state index in [4.69, 9.17) is 0 Å². The second kappa shape index (κ2) is 10.4. The number of halogens is 1. The molecule has 0 amide bonds. The first-order valence-corrected chi connectivity index (χ1v) is 14.9. The normalized spacial score (nSPS) is 13.6. The molecule has 5 aromatic rings. The maximum absolute atomic E-state index is 14.4. The molecule has 1 saturated carbocycles. The number of sulfonamides is 1. The van der Waals surface area contributed by atoms with E-state index in [2.05, 4.69) is 20.1 Å². The molecule has 0 unspecified atom stereocenters. The van der Waals surface area contributed by atoms with Crippen molar-refractivity contribution in [3.8, 4) is 0 Å². The Balaban J connectivity index is 1.31. The molecule has 6 rings (SSSR count). The molecule has 0 saturated heterocycles. The lowest BCUT2D eigenvalue weighted by Crippen LogP contribution is -2.40. The lowest BCUT2D eigenvalue weighted by molar-refractivity contribution is 0.548. The summed E-state index contributed by atoms with van der Waals surface area (Å²) in [7, 11) is -0.784. The van der Waals surface area contributed by atoms with Gasteiger partial charge in [-0.15, -0.1) is 0 Å². The lowest BCUT2D eigenvalue weighted by Gasteiger charge is -2.18. The molecule has 1 aliphatic rings. The number of hydrogen-bond acceptors (Lipinski definition) is 7. The molecule has 1 aromatic carbocycles. The molecule has 0 bridgehead atoms. The number of imidazole rings is 1. The van der Waals surface area contributed by atoms with Crippen molar-refractivity contribution >= 4 is 27.0 Å². The van der Waals surface area contributed by atoms with E-state index in [-0.39, 0.29) is 40.4 Å². The average Bonchev–Trinajstić information content (AvgIpc) is 3.58. The zero-order chi connectivity index (χ0) is 29.8. The van der Waals surface area contributed by atoms with Gasteiger partial charge in [-0.1, -0.05) is 24.3 Å². The molecule has 0 aliphatic heterocycles. The van der Waals surface area contributed by atoms with Gasteiger partial charge in [0.2, 0.25) is 0 Å². The van der Waals surface area contributed by atoms with Gasteiger partial charge in [0.15, 0.2) is 5.65 Å². The highest BCUT2D eigenvalue weighted by molar-refractivity contribution is 7.92. The van der Waals surface area contributed by atoms with Gasteiger partial charge >= 0.3 is 5.69 Å². The number of aromatic nitrogens is 7. The van der Waals surface area contributed by atoms with E-state index in [1.807, 2.05) is 0 Å². The van der Waals surface area contributed by atoms with Crippen LogP contribution < -0.4 is 15.6 Å². The highest BCUT2D eigenvalue weighted by atomic mass is 32.2. The van der Waals surface area contributed by atoms with Crippen LogP contribution in [0.4, 0.5) is 10.2 Å². The first-order valence-electron chi connectivity index (χ1n) is 13.4. The van der Waals surface area contributed by atoms with E-state index in [9.17, 15) is 22.4 Å². The number of nitrogens with zero attached hydrogens (tertiary/aromatic N) is 7. The van der Waals surface area contributed by atoms with Crippen LogP contribution in [0.5, 0.6) is 0 Å². The van der Waals surface area contributed by atoms with Crippen molar-refractivity contribution in [1.82, 2.24) is 33.9 Å². The summed E-state index contributed by atoms with van der Waals surface area (Å²) in [5.74, 6) is 0.496. The Bertz CT molecular complexity index is 2040. The summed E-state index contributed by atoms with van der Waals surface area (Å²) in [6.45, 7) is 1.85. The number of rotatable bonds is 9. The van der Waals surface area contributed by atoms with Crippen molar-refractivity contribution in [2.24, 2.45) is 13.0 Å². The molecule has 4 aromatic heterocycles. The number of benzene rings is 1. The average molecular weight is 593 g/mol. The second-order valence-electron chi connectivity index (χ2n) is 10.6. The molecule has 1 N–H and O–H groups in total. The van der Waals surface area contributed by atoms with Crippen molar-refractivity contribution in [1.29, 1.82) is 0 Å². The Morgan fingerprint density at radius 1 is 1.12 bits per heavy atom. The van der Waals surface area contributed by atoms with Crippen LogP contribution in [0.25, 0.3) is 11.2 Å². The number of hydrogen-bond donors (Lipinski definition) is 1. The van der Waals surface area contributed by atoms with E-state index < -0.39 is 27.1 Å². The first kappa shape index (κ1) is 27.6. The number of pyridine rings is 1. The lowest BCUT2D eigenvalue weighted by atomic mass is 10.2. The maximum atomic E-state index is 14.4. The minimum Gasteiger partial charge on any atom is -0.336 e. The zero-order valence-corrected chi connectivity index (χ0v) is 24.1. The Labute approximate surface area is 240 Å². The van der Waals surface area contributed by atoms with Crippen LogP contribution in [0.15, 0.2) is 63.3 Å². The standard InChI is InChI=1S/C28H29FN8O4S/c1-17-22(16-34(2)33-17)42(40,41)35(3)24-11-10-19(13-30-24)12-23-31-25-26(32-23)36(14-18-8-9-18)28(39)37(27(25)38)15-20-6-4-5-7-21(20)29/h4-7,10-11,13,16,18H,8-9,12,14-15H2,1-3H3,(H,31,32). The van der Waals surface area contributed by atoms with Gasteiger partial charge in [-0.25, -0.2) is 27.6 Å². The smallest absolute Gasteiger partial charge is 0.333 e. The van der Waals surface area contributed by atoms with Crippen molar-refractivity contribution in [3.63, 3.8) is 0 Å². The summed E-state index contributed by atoms with van der Waals surface area (Å²) >= 11 is 0. The van der Waals surface area contributed by atoms with E-state index in [0.29, 0.717) is 29.5 Å². The molecule has 42 heavy (non-hydrogen) atoms. The van der Waals surface area contributed by atoms with Gasteiger partial charge in [0.1, 0.15) is 27.9 Å². The number of anilines is 1. The van der Waals surface area contributed by atoms with E-state index in [1.54, 1.807) is 50.5 Å². The topological polar surface area (TPSA) is 141 Å². The highest BCUT2D eigenvalue weighted by Gasteiger charge is 2.27. The van der Waals surface area contributed by atoms with Gasteiger partial charge in [0, 0.05) is 45.0 Å². The summed E-state index contributed by atoms with van der Waals surface area (Å²) < 4.78 is 45.7. The number of H-pyrrole nitrogens is 1. The molecule has 0 radical (unpaired) electrons. The maximum Gasteiger partial charge on any atom is 0.333 e. The Kier molecular flexibility index (Phi) is 6.80. The van der Waals surface area contributed by atoms with Crippen LogP contribution in [-0.2, 0) is 36.6 Å². The summed E-state index contributed by atoms with van der Waals surface area (Å²) in [4.78, 5) is 39.0. The minimum atomic E-state index is -3.86. The molecule has 0 atom stereocenters. The van der Waals surface area contributed by atoms with Gasteiger partial charge in [-0.2, -0.15) is 5.10 Å². The zero-order valence-electron chi connectivity index (χ0n) is 23.3. The molecular formula is C28H29FN8O4S. The van der Waals surface area contributed by atoms with Crippen molar-refractivity contribution in [3.05, 3.63) is 98.1 Å². The number of aromatic amines is 1. The van der Waals surface area contributed by atoms with E-state index in [1.165, 1.54) is 28.6 Å². The Morgan fingerprint density at radius 3 is 2.52 bits per heavy atom. The largest absolute Gasteiger partial charge is 0.336 e. The quantitative estimate of drug-likeness (QED) is 0.277. The summed E-state index contributed by atoms with van der Waals surface area (Å²) in [5, 5.41) is 4.12. The van der Waals surface area contributed by atoms with Crippen LogP contribution in [0.2, 0.25) is 0 Å². The monoisotopic (exact) mass is 592 g/mol. The van der Waals surface area contributed by atoms with Crippen LogP contribution >= 0.6 is 0 Å². The van der Waals surface area contributed by atoms with E-state index in [0.717, 1.165) is 21.7 Å². The fraction of sp³-hybridized carbons (Fsp3) is 0.321. The van der Waals surface area contributed by atoms with Crippen molar-refractivity contribution < 1.29 is 12.8 Å². The summed E-state index contributed by atoms with van der Waals surface area (Å²) in [6.07, 6.45) is 5.22. The van der Waals surface area contributed by atoms with Gasteiger partial charge in [0.25, 0.3) is 15.6 Å². The van der Waals surface area contributed by atoms with Crippen LogP contribution in [0, 0.1) is 18.7 Å². The van der Waals surface area contributed by atoms with Gasteiger partial charge in [-0.3, -0.25) is 22.9 Å². The molecule has 4 heterocycles. The summed E-state index contributed by atoms with van der Waals surface area (Å²) in [5.41, 5.74) is 0.672. The van der Waals surface area contributed by atoms with Crippen molar-refractivity contribution in [2.75, 3.05) is 11.4 Å². The Morgan fingerprint density at radius 2 is 1.88 bits per heavy atom. The molecule has 1 aliphatic carbocycles. The van der Waals surface area contributed by atoms with Crippen LogP contribution in [0.1, 0.15) is 35.5 Å². The molecule has 12 nitrogen and oxygen atoms in total. The van der Waals surface area contributed by atoms with Gasteiger partial charge < -0.3 is 4.98 Å². The predicted octanol–water partition coefficient (Wildman–Crippen LogP) is 2.34. The predicted molar refractivity (Wildman–Crippen MR) is 153 cm³/mol. The minimum absolute atomic E-state index is 0.0959. The fourth-order valence-corrected chi connectivity index (χ4v) is 6.31. The number of nitrogens with one attached hydrogen (secondary N) is 1. The fourth-order valence-electron chi connectivity index (χ4n) is 4.96. The number of aryl methyl sites for hydroxylation is 2. The van der Waals surface area contributed by atoms with E-state index >= 15 is 0 Å². The molecule has 14 heteroatoms. The van der Waals surface area contributed by atoms with Crippen LogP contribution in [0.3, 0.4) is 0 Å². The third kappa shape index (κ3) is 5.02. The van der Waals surface area contributed by atoms with Gasteiger partial charge in [-0.05, 0) is 43.4 Å². The molecule has 1 fully saturated rings. The second-order valence-corrected chi connectivity index (χ2v) is 12.6. The van der Waals surface area contributed by atoms with Gasteiger partial charge in [0.05, 0.1) is 12.2 Å². The third-order valence-corrected chi connectivity index (χ3v) is 9.31. The Hall–Kier alpha value is -4.59. The third-order valence-electron chi connectivity index (χ3n) is 7.44. The number of fused-ring (bicyclic) bond motifs is 1. The molecule has 218 valence electrons. The summed E-state index contributed by atoms with van der Waals surface area (Å²) in [6, 6.07) is 9.37. The highest BCUT2D eigenvalue weighted by Crippen LogP contribution is 2.31. The van der Waals surface area contributed by atoms with Crippen molar-refractivity contribution in [2.45, 2.75) is 44.2 Å². The van der Waals surface area contributed by atoms with Crippen LogP contribution in [-0.4, -0.2) is 49.3 Å². The first-order chi connectivity index (χ1) is 20.0.